The molecule has 6 atom stereocenters. The van der Waals surface area contributed by atoms with Crippen LogP contribution in [0.4, 0.5) is 0 Å². The van der Waals surface area contributed by atoms with Gasteiger partial charge in [0.1, 0.15) is 18.0 Å². The number of ketones is 1. The maximum Gasteiger partial charge on any atom is 0.302 e. The summed E-state index contributed by atoms with van der Waals surface area (Å²) in [5, 5.41) is 0. The van der Waals surface area contributed by atoms with E-state index < -0.39 is 23.0 Å². The highest BCUT2D eigenvalue weighted by atomic mass is 16.6. The zero-order valence-corrected chi connectivity index (χ0v) is 15.2. The molecule has 4 aliphatic rings. The Bertz CT molecular complexity index is 646. The van der Waals surface area contributed by atoms with Gasteiger partial charge in [0.05, 0.1) is 0 Å². The maximum absolute atomic E-state index is 12.8. The molecule has 0 aromatic rings. The number of esters is 2. The predicted molar refractivity (Wildman–Crippen MR) is 86.8 cm³/mol. The van der Waals surface area contributed by atoms with Crippen molar-refractivity contribution in [3.63, 3.8) is 0 Å². The lowest BCUT2D eigenvalue weighted by atomic mass is 9.41. The molecule has 4 rings (SSSR count). The van der Waals surface area contributed by atoms with Crippen LogP contribution >= 0.6 is 0 Å². The second-order valence-corrected chi connectivity index (χ2v) is 8.37. The maximum atomic E-state index is 12.8. The summed E-state index contributed by atoms with van der Waals surface area (Å²) in [7, 11) is 0. The third kappa shape index (κ3) is 2.09. The summed E-state index contributed by atoms with van der Waals surface area (Å²) >= 11 is 0. The molecule has 0 N–H and O–H groups in total. The Morgan fingerprint density at radius 2 is 1.62 bits per heavy atom. The summed E-state index contributed by atoms with van der Waals surface area (Å²) in [4.78, 5) is 36.1. The van der Waals surface area contributed by atoms with Gasteiger partial charge in [0.2, 0.25) is 0 Å². The number of ether oxygens (including phenoxy) is 2. The Balaban J connectivity index is 2.12. The molecule has 2 saturated carbocycles. The third-order valence-electron chi connectivity index (χ3n) is 6.57. The van der Waals surface area contributed by atoms with Crippen molar-refractivity contribution >= 4 is 17.7 Å². The van der Waals surface area contributed by atoms with Crippen LogP contribution in [0.15, 0.2) is 11.6 Å². The highest BCUT2D eigenvalue weighted by Crippen LogP contribution is 2.67. The normalized spacial score (nSPS) is 42.3. The minimum Gasteiger partial charge on any atom is -0.462 e. The summed E-state index contributed by atoms with van der Waals surface area (Å²) < 4.78 is 11.3. The van der Waals surface area contributed by atoms with Gasteiger partial charge in [-0.2, -0.15) is 0 Å². The molecule has 0 saturated heterocycles. The van der Waals surface area contributed by atoms with E-state index in [2.05, 4.69) is 6.08 Å². The molecule has 2 fully saturated rings. The van der Waals surface area contributed by atoms with E-state index in [1.54, 1.807) is 0 Å². The first-order valence-corrected chi connectivity index (χ1v) is 8.57. The van der Waals surface area contributed by atoms with Crippen molar-refractivity contribution in [3.05, 3.63) is 11.6 Å². The molecule has 0 heterocycles. The molecule has 0 aromatic heterocycles. The van der Waals surface area contributed by atoms with Gasteiger partial charge >= 0.3 is 11.9 Å². The molecule has 5 nitrogen and oxygen atoms in total. The van der Waals surface area contributed by atoms with Gasteiger partial charge < -0.3 is 9.47 Å². The second kappa shape index (κ2) is 5.17. The van der Waals surface area contributed by atoms with Crippen molar-refractivity contribution in [3.8, 4) is 0 Å². The van der Waals surface area contributed by atoms with Crippen molar-refractivity contribution in [1.29, 1.82) is 0 Å². The van der Waals surface area contributed by atoms with Gasteiger partial charge in [-0.05, 0) is 12.8 Å². The van der Waals surface area contributed by atoms with E-state index in [4.69, 9.17) is 9.47 Å². The molecular weight excluding hydrogens is 308 g/mol. The van der Waals surface area contributed by atoms with E-state index in [0.29, 0.717) is 6.42 Å². The Kier molecular flexibility index (Phi) is 3.70. The first-order chi connectivity index (χ1) is 11.0. The van der Waals surface area contributed by atoms with Crippen molar-refractivity contribution in [2.45, 2.75) is 60.2 Å². The smallest absolute Gasteiger partial charge is 0.302 e. The Labute approximate surface area is 142 Å². The molecule has 5 heteroatoms. The predicted octanol–water partition coefficient (Wildman–Crippen LogP) is 2.68. The summed E-state index contributed by atoms with van der Waals surface area (Å²) in [6.45, 7) is 10.9. The average molecular weight is 334 g/mol. The highest BCUT2D eigenvalue weighted by molar-refractivity contribution is 5.96. The molecule has 0 spiro atoms. The average Bonchev–Trinajstić information content (AvgIpc) is 2.46. The standard InChI is InChI=1S/C19H26O5/c1-9-7-12-16-17(22)15(9)19(16,6)14(24-11(3)21)8-13(18(12,4)5)23-10(2)20/h7,12-16H,8H2,1-6H3/t12?,13-,14-,15?,16?,19?/m1/s1. The molecule has 0 aromatic carbocycles. The minimum atomic E-state index is -0.431. The van der Waals surface area contributed by atoms with E-state index >= 15 is 0 Å². The van der Waals surface area contributed by atoms with Crippen molar-refractivity contribution in [2.75, 3.05) is 0 Å². The van der Waals surface area contributed by atoms with Crippen LogP contribution in [-0.2, 0) is 23.9 Å². The summed E-state index contributed by atoms with van der Waals surface area (Å²) in [6, 6.07) is 0. The highest BCUT2D eigenvalue weighted by Gasteiger charge is 2.72. The van der Waals surface area contributed by atoms with Gasteiger partial charge in [-0.15, -0.1) is 0 Å². The molecule has 0 aliphatic heterocycles. The van der Waals surface area contributed by atoms with E-state index in [-0.39, 0.29) is 35.5 Å². The summed E-state index contributed by atoms with van der Waals surface area (Å²) in [5.41, 5.74) is 0.219. The first-order valence-electron chi connectivity index (χ1n) is 8.57. The molecule has 132 valence electrons. The zero-order valence-electron chi connectivity index (χ0n) is 15.2. The Morgan fingerprint density at radius 3 is 2.12 bits per heavy atom. The molecular formula is C19H26O5. The summed E-state index contributed by atoms with van der Waals surface area (Å²) in [6.07, 6.45) is 1.77. The number of Topliss-reactive ketones (excluding diaryl/α,β-unsaturated/α-hetero) is 1. The largest absolute Gasteiger partial charge is 0.462 e. The number of allylic oxidation sites excluding steroid dienone is 2. The number of hydrogen-bond donors (Lipinski definition) is 0. The van der Waals surface area contributed by atoms with Gasteiger partial charge in [0.25, 0.3) is 0 Å². The van der Waals surface area contributed by atoms with Crippen molar-refractivity contribution in [1.82, 2.24) is 0 Å². The van der Waals surface area contributed by atoms with Crippen molar-refractivity contribution in [2.24, 2.45) is 28.6 Å². The fourth-order valence-electron chi connectivity index (χ4n) is 5.40. The Hall–Kier alpha value is -1.65. The van der Waals surface area contributed by atoms with Gasteiger partial charge in [-0.3, -0.25) is 14.4 Å². The van der Waals surface area contributed by atoms with Crippen LogP contribution in [-0.4, -0.2) is 29.9 Å². The number of carbonyl (C=O) groups excluding carboxylic acids is 3. The first kappa shape index (κ1) is 17.2. The topological polar surface area (TPSA) is 69.7 Å². The third-order valence-corrected chi connectivity index (χ3v) is 6.57. The number of rotatable bonds is 2. The lowest BCUT2D eigenvalue weighted by Gasteiger charge is -2.61. The lowest BCUT2D eigenvalue weighted by Crippen LogP contribution is -2.66. The van der Waals surface area contributed by atoms with Crippen molar-refractivity contribution < 1.29 is 23.9 Å². The SMILES string of the molecule is CC(=O)O[C@@H]1C[C@@H](OC(C)=O)C2(C)C3C(=O)C2C(C=C3C)C1(C)C. The van der Waals surface area contributed by atoms with E-state index in [0.717, 1.165) is 5.57 Å². The van der Waals surface area contributed by atoms with E-state index in [1.165, 1.54) is 13.8 Å². The van der Waals surface area contributed by atoms with Crippen LogP contribution < -0.4 is 0 Å². The van der Waals surface area contributed by atoms with E-state index in [1.807, 2.05) is 27.7 Å². The molecule has 0 amide bonds. The monoisotopic (exact) mass is 334 g/mol. The Morgan fingerprint density at radius 1 is 1.08 bits per heavy atom. The van der Waals surface area contributed by atoms with Crippen LogP contribution in [0.2, 0.25) is 0 Å². The molecule has 0 radical (unpaired) electrons. The summed E-state index contributed by atoms with van der Waals surface area (Å²) in [5.74, 6) is -0.893. The molecule has 4 bridgehead atoms. The van der Waals surface area contributed by atoms with Crippen LogP contribution in [0, 0.1) is 28.6 Å². The second-order valence-electron chi connectivity index (χ2n) is 8.37. The van der Waals surface area contributed by atoms with Crippen LogP contribution in [0.3, 0.4) is 0 Å². The fraction of sp³-hybridized carbons (Fsp3) is 0.737. The van der Waals surface area contributed by atoms with Crippen LogP contribution in [0.5, 0.6) is 0 Å². The number of carbonyl (C=O) groups is 3. The quantitative estimate of drug-likeness (QED) is 0.573. The molecule has 4 unspecified atom stereocenters. The van der Waals surface area contributed by atoms with Gasteiger partial charge in [-0.1, -0.05) is 32.4 Å². The van der Waals surface area contributed by atoms with Gasteiger partial charge in [0.15, 0.2) is 0 Å². The molecule has 24 heavy (non-hydrogen) atoms. The fourth-order valence-corrected chi connectivity index (χ4v) is 5.40. The van der Waals surface area contributed by atoms with E-state index in [9.17, 15) is 14.4 Å². The number of hydrogen-bond acceptors (Lipinski definition) is 5. The molecule has 4 aliphatic carbocycles. The van der Waals surface area contributed by atoms with Gasteiger partial charge in [-0.25, -0.2) is 0 Å². The lowest BCUT2D eigenvalue weighted by molar-refractivity contribution is -0.187. The zero-order chi connectivity index (χ0) is 18.0. The van der Waals surface area contributed by atoms with Gasteiger partial charge in [0, 0.05) is 42.9 Å². The minimum absolute atomic E-state index is 0.0232. The van der Waals surface area contributed by atoms with Crippen LogP contribution in [0.25, 0.3) is 0 Å². The van der Waals surface area contributed by atoms with Crippen LogP contribution in [0.1, 0.15) is 48.0 Å².